The molecular weight excluding hydrogens is 186 g/mol. The van der Waals surface area contributed by atoms with Crippen LogP contribution in [0.25, 0.3) is 0 Å². The third-order valence-electron chi connectivity index (χ3n) is 2.35. The Kier molecular flexibility index (Phi) is 3.12. The van der Waals surface area contributed by atoms with Gasteiger partial charge in [-0.15, -0.1) is 0 Å². The van der Waals surface area contributed by atoms with Gasteiger partial charge in [0.05, 0.1) is 0 Å². The molecule has 2 aromatic rings. The van der Waals surface area contributed by atoms with Gasteiger partial charge in [-0.2, -0.15) is 5.10 Å². The van der Waals surface area contributed by atoms with Crippen molar-refractivity contribution in [3.8, 4) is 0 Å². The molecule has 1 heterocycles. The molecule has 0 aliphatic heterocycles. The fourth-order valence-corrected chi connectivity index (χ4v) is 1.59. The number of hydrogen-bond donors (Lipinski definition) is 0. The molecule has 0 bridgehead atoms. The van der Waals surface area contributed by atoms with Crippen molar-refractivity contribution in [1.82, 2.24) is 14.8 Å². The van der Waals surface area contributed by atoms with Crippen molar-refractivity contribution in [2.24, 2.45) is 0 Å². The van der Waals surface area contributed by atoms with Crippen molar-refractivity contribution in [1.29, 1.82) is 0 Å². The second-order valence-electron chi connectivity index (χ2n) is 3.64. The maximum absolute atomic E-state index is 4.25. The lowest BCUT2D eigenvalue weighted by atomic mass is 10.1. The summed E-state index contributed by atoms with van der Waals surface area (Å²) in [5.41, 5.74) is 1.38. The largest absolute Gasteiger partial charge is 0.253 e. The highest BCUT2D eigenvalue weighted by molar-refractivity contribution is 5.14. The summed E-state index contributed by atoms with van der Waals surface area (Å²) in [6.07, 6.45) is 3.99. The first-order chi connectivity index (χ1) is 7.34. The smallest absolute Gasteiger partial charge is 0.147 e. The van der Waals surface area contributed by atoms with E-state index in [1.54, 1.807) is 6.33 Å². The van der Waals surface area contributed by atoms with Gasteiger partial charge in [-0.1, -0.05) is 30.3 Å². The van der Waals surface area contributed by atoms with E-state index in [-0.39, 0.29) is 0 Å². The van der Waals surface area contributed by atoms with Crippen molar-refractivity contribution in [3.05, 3.63) is 48.0 Å². The van der Waals surface area contributed by atoms with Crippen molar-refractivity contribution >= 4 is 0 Å². The maximum atomic E-state index is 4.25. The normalized spacial score (nSPS) is 10.5. The van der Waals surface area contributed by atoms with E-state index in [0.717, 1.165) is 25.2 Å². The van der Waals surface area contributed by atoms with Crippen LogP contribution in [0.4, 0.5) is 0 Å². The van der Waals surface area contributed by atoms with Crippen LogP contribution >= 0.6 is 0 Å². The summed E-state index contributed by atoms with van der Waals surface area (Å²) in [6.45, 7) is 2.85. The maximum Gasteiger partial charge on any atom is 0.147 e. The molecule has 0 spiro atoms. The van der Waals surface area contributed by atoms with E-state index in [2.05, 4.69) is 34.3 Å². The van der Waals surface area contributed by atoms with Crippen molar-refractivity contribution < 1.29 is 0 Å². The van der Waals surface area contributed by atoms with Crippen molar-refractivity contribution in [2.45, 2.75) is 26.3 Å². The van der Waals surface area contributed by atoms with Crippen LogP contribution in [-0.4, -0.2) is 14.8 Å². The minimum absolute atomic E-state index is 0.842. The number of aromatic nitrogens is 3. The predicted octanol–water partition coefficient (Wildman–Crippen LogP) is 2.22. The third-order valence-corrected chi connectivity index (χ3v) is 2.35. The molecule has 0 amide bonds. The van der Waals surface area contributed by atoms with Gasteiger partial charge in [0, 0.05) is 6.54 Å². The molecule has 0 saturated heterocycles. The summed E-state index contributed by atoms with van der Waals surface area (Å²) >= 11 is 0. The van der Waals surface area contributed by atoms with Crippen LogP contribution in [0.15, 0.2) is 36.7 Å². The second-order valence-corrected chi connectivity index (χ2v) is 3.64. The molecule has 0 unspecified atom stereocenters. The van der Waals surface area contributed by atoms with Gasteiger partial charge in [-0.25, -0.2) is 4.98 Å². The first kappa shape index (κ1) is 9.90. The first-order valence-corrected chi connectivity index (χ1v) is 5.24. The van der Waals surface area contributed by atoms with Gasteiger partial charge in [0.1, 0.15) is 12.2 Å². The lowest BCUT2D eigenvalue weighted by Gasteiger charge is -2.01. The lowest BCUT2D eigenvalue weighted by molar-refractivity contribution is 0.574. The average Bonchev–Trinajstić information content (AvgIpc) is 2.66. The molecule has 3 heteroatoms. The minimum Gasteiger partial charge on any atom is -0.253 e. The number of aryl methyl sites for hydroxylation is 3. The SMILES string of the molecule is Cc1ncn(CCCc2ccccc2)n1. The standard InChI is InChI=1S/C12H15N3/c1-11-13-10-15(14-11)9-5-8-12-6-3-2-4-7-12/h2-4,6-7,10H,5,8-9H2,1H3. The van der Waals surface area contributed by atoms with Gasteiger partial charge in [0.2, 0.25) is 0 Å². The molecule has 15 heavy (non-hydrogen) atoms. The summed E-state index contributed by atoms with van der Waals surface area (Å²) in [6, 6.07) is 10.5. The van der Waals surface area contributed by atoms with E-state index >= 15 is 0 Å². The van der Waals surface area contributed by atoms with Crippen LogP contribution in [0, 0.1) is 6.92 Å². The Hall–Kier alpha value is -1.64. The summed E-state index contributed by atoms with van der Waals surface area (Å²) in [4.78, 5) is 4.09. The molecule has 0 saturated carbocycles. The van der Waals surface area contributed by atoms with Crippen LogP contribution in [0.2, 0.25) is 0 Å². The molecule has 0 fully saturated rings. The monoisotopic (exact) mass is 201 g/mol. The second kappa shape index (κ2) is 4.73. The molecule has 3 nitrogen and oxygen atoms in total. The van der Waals surface area contributed by atoms with E-state index in [4.69, 9.17) is 0 Å². The van der Waals surface area contributed by atoms with Gasteiger partial charge in [-0.3, -0.25) is 4.68 Å². The van der Waals surface area contributed by atoms with E-state index in [9.17, 15) is 0 Å². The number of benzene rings is 1. The van der Waals surface area contributed by atoms with Crippen LogP contribution in [0.1, 0.15) is 17.8 Å². The fraction of sp³-hybridized carbons (Fsp3) is 0.333. The molecule has 0 aliphatic carbocycles. The Balaban J connectivity index is 1.80. The summed E-state index contributed by atoms with van der Waals surface area (Å²) in [5.74, 6) is 0.842. The number of rotatable bonds is 4. The van der Waals surface area contributed by atoms with Gasteiger partial charge in [0.25, 0.3) is 0 Å². The summed E-state index contributed by atoms with van der Waals surface area (Å²) in [5, 5.41) is 4.25. The van der Waals surface area contributed by atoms with Crippen LogP contribution in [0.3, 0.4) is 0 Å². The summed E-state index contributed by atoms with van der Waals surface area (Å²) < 4.78 is 1.90. The fourth-order valence-electron chi connectivity index (χ4n) is 1.59. The van der Waals surface area contributed by atoms with Gasteiger partial charge < -0.3 is 0 Å². The molecule has 78 valence electrons. The highest BCUT2D eigenvalue weighted by atomic mass is 15.3. The molecule has 1 aromatic carbocycles. The van der Waals surface area contributed by atoms with E-state index in [1.807, 2.05) is 17.7 Å². The van der Waals surface area contributed by atoms with E-state index in [0.29, 0.717) is 0 Å². The molecule has 2 rings (SSSR count). The highest BCUT2D eigenvalue weighted by Crippen LogP contribution is 2.03. The average molecular weight is 201 g/mol. The van der Waals surface area contributed by atoms with Crippen LogP contribution in [-0.2, 0) is 13.0 Å². The highest BCUT2D eigenvalue weighted by Gasteiger charge is 1.96. The predicted molar refractivity (Wildman–Crippen MR) is 59.5 cm³/mol. The summed E-state index contributed by atoms with van der Waals surface area (Å²) in [7, 11) is 0. The molecule has 0 atom stereocenters. The zero-order valence-corrected chi connectivity index (χ0v) is 8.93. The zero-order chi connectivity index (χ0) is 10.5. The zero-order valence-electron chi connectivity index (χ0n) is 8.93. The van der Waals surface area contributed by atoms with Gasteiger partial charge >= 0.3 is 0 Å². The van der Waals surface area contributed by atoms with Crippen LogP contribution in [0.5, 0.6) is 0 Å². The topological polar surface area (TPSA) is 30.7 Å². The lowest BCUT2D eigenvalue weighted by Crippen LogP contribution is -2.00. The molecule has 0 aliphatic rings. The Bertz CT molecular complexity index is 406. The Morgan fingerprint density at radius 2 is 2.00 bits per heavy atom. The van der Waals surface area contributed by atoms with Crippen molar-refractivity contribution in [3.63, 3.8) is 0 Å². The third kappa shape index (κ3) is 2.91. The van der Waals surface area contributed by atoms with Gasteiger partial charge in [-0.05, 0) is 25.3 Å². The van der Waals surface area contributed by atoms with Crippen molar-refractivity contribution in [2.75, 3.05) is 0 Å². The first-order valence-electron chi connectivity index (χ1n) is 5.24. The molecule has 1 aromatic heterocycles. The Morgan fingerprint density at radius 1 is 1.20 bits per heavy atom. The number of hydrogen-bond acceptors (Lipinski definition) is 2. The van der Waals surface area contributed by atoms with E-state index < -0.39 is 0 Å². The quantitative estimate of drug-likeness (QED) is 0.759. The van der Waals surface area contributed by atoms with Gasteiger partial charge in [0.15, 0.2) is 0 Å². The molecule has 0 radical (unpaired) electrons. The Labute approximate surface area is 89.8 Å². The van der Waals surface area contributed by atoms with Crippen LogP contribution < -0.4 is 0 Å². The van der Waals surface area contributed by atoms with E-state index in [1.165, 1.54) is 5.56 Å². The minimum atomic E-state index is 0.842. The molecular formula is C12H15N3. The number of nitrogens with zero attached hydrogens (tertiary/aromatic N) is 3. The Morgan fingerprint density at radius 3 is 2.67 bits per heavy atom. The molecule has 0 N–H and O–H groups in total.